The van der Waals surface area contributed by atoms with Crippen molar-refractivity contribution in [3.05, 3.63) is 154 Å². The highest BCUT2D eigenvalue weighted by Gasteiger charge is 2.14. The van der Waals surface area contributed by atoms with E-state index in [0.717, 1.165) is 33.4 Å². The van der Waals surface area contributed by atoms with Crippen molar-refractivity contribution >= 4 is 45.1 Å². The van der Waals surface area contributed by atoms with E-state index in [4.69, 9.17) is 8.83 Å². The Kier molecular flexibility index (Phi) is 6.02. The number of hydrogen-bond acceptors (Lipinski definition) is 4. The lowest BCUT2D eigenvalue weighted by molar-refractivity contribution is 0.589. The summed E-state index contributed by atoms with van der Waals surface area (Å²) < 4.78 is 12.0. The fraction of sp³-hybridized carbons (Fsp3) is 0. The molecule has 7 aromatic rings. The molecule has 0 aliphatic carbocycles. The Morgan fingerprint density at radius 3 is 1.64 bits per heavy atom. The zero-order valence-electron chi connectivity index (χ0n) is 22.6. The Bertz CT molecular complexity index is 2320. The molecule has 0 saturated heterocycles. The van der Waals surface area contributed by atoms with Crippen molar-refractivity contribution in [2.24, 2.45) is 0 Å². The van der Waals surface area contributed by atoms with E-state index in [0.29, 0.717) is 44.2 Å². The summed E-state index contributed by atoms with van der Waals surface area (Å²) in [6, 6.07) is 35.0. The highest BCUT2D eigenvalue weighted by molar-refractivity contribution is 5.93. The zero-order chi connectivity index (χ0) is 28.8. The molecule has 0 N–H and O–H groups in total. The van der Waals surface area contributed by atoms with Crippen molar-refractivity contribution in [3.8, 4) is 33.4 Å². The number of para-hydroxylation sites is 1. The molecule has 0 saturated carbocycles. The van der Waals surface area contributed by atoms with Gasteiger partial charge in [-0.2, -0.15) is 0 Å². The molecule has 0 atom stereocenters. The van der Waals surface area contributed by atoms with Gasteiger partial charge in [-0.3, -0.25) is 9.59 Å². The van der Waals surface area contributed by atoms with Crippen LogP contribution in [0.2, 0.25) is 0 Å². The second kappa shape index (κ2) is 10.0. The number of benzene rings is 5. The molecule has 200 valence electrons. The first-order valence-corrected chi connectivity index (χ1v) is 13.6. The smallest absolute Gasteiger partial charge is 0.200 e. The minimum absolute atomic E-state index is 0.0636. The van der Waals surface area contributed by atoms with Crippen LogP contribution < -0.4 is 10.9 Å². The highest BCUT2D eigenvalue weighted by atomic mass is 16.3. The van der Waals surface area contributed by atoms with Gasteiger partial charge in [0.25, 0.3) is 0 Å². The largest absolute Gasteiger partial charge is 0.456 e. The molecule has 0 bridgehead atoms. The van der Waals surface area contributed by atoms with Gasteiger partial charge in [-0.05, 0) is 94.1 Å². The number of hydrogen-bond donors (Lipinski definition) is 0. The summed E-state index contributed by atoms with van der Waals surface area (Å²) >= 11 is 0. The Morgan fingerprint density at radius 2 is 1.00 bits per heavy atom. The zero-order valence-corrected chi connectivity index (χ0v) is 22.6. The van der Waals surface area contributed by atoms with Gasteiger partial charge < -0.3 is 8.83 Å². The van der Waals surface area contributed by atoms with Crippen molar-refractivity contribution in [2.75, 3.05) is 0 Å². The Morgan fingerprint density at radius 1 is 0.452 bits per heavy atom. The number of rotatable bonds is 5. The molecule has 42 heavy (non-hydrogen) atoms. The van der Waals surface area contributed by atoms with Crippen LogP contribution in [-0.2, 0) is 0 Å². The average Bonchev–Trinajstić information content (AvgIpc) is 3.04. The Labute approximate surface area is 241 Å². The molecule has 5 aromatic carbocycles. The van der Waals surface area contributed by atoms with Crippen LogP contribution in [0.5, 0.6) is 0 Å². The van der Waals surface area contributed by atoms with Gasteiger partial charge in [0.1, 0.15) is 22.5 Å². The summed E-state index contributed by atoms with van der Waals surface area (Å²) in [5.41, 5.74) is 7.42. The quantitative estimate of drug-likeness (QED) is 0.203. The van der Waals surface area contributed by atoms with Gasteiger partial charge in [-0.25, -0.2) is 0 Å². The molecular weight excluding hydrogens is 520 g/mol. The van der Waals surface area contributed by atoms with Crippen molar-refractivity contribution in [1.82, 2.24) is 0 Å². The van der Waals surface area contributed by atoms with E-state index in [1.807, 2.05) is 66.7 Å². The maximum atomic E-state index is 13.4. The molecule has 4 nitrogen and oxygen atoms in total. The maximum absolute atomic E-state index is 13.4. The topological polar surface area (TPSA) is 60.4 Å². The first kappa shape index (κ1) is 25.2. The van der Waals surface area contributed by atoms with Gasteiger partial charge in [0.05, 0.1) is 21.7 Å². The van der Waals surface area contributed by atoms with Crippen LogP contribution in [-0.4, -0.2) is 0 Å². The van der Waals surface area contributed by atoms with Gasteiger partial charge in [0, 0.05) is 0 Å². The summed E-state index contributed by atoms with van der Waals surface area (Å²) in [5.74, 6) is 0.400. The summed E-state index contributed by atoms with van der Waals surface area (Å²) in [5, 5.41) is 1.54. The fourth-order valence-electron chi connectivity index (χ4n) is 5.49. The monoisotopic (exact) mass is 544 g/mol. The molecule has 0 radical (unpaired) electrons. The molecule has 4 heteroatoms. The first-order valence-electron chi connectivity index (χ1n) is 13.6. The standard InChI is InChI=1S/C38H24O4/c1-3-29-33(4-2)41-35-16-14-24(21-31(35)37(29)39)27-18-26(23-10-6-5-7-11-23)19-28(20-27)25-15-17-36-32(22-25)38(40)30-12-8-9-13-34(30)42-36/h3-22H,1-2H2. The molecule has 0 aliphatic heterocycles. The summed E-state index contributed by atoms with van der Waals surface area (Å²) in [7, 11) is 0. The predicted octanol–water partition coefficient (Wildman–Crippen LogP) is 9.34. The average molecular weight is 545 g/mol. The van der Waals surface area contributed by atoms with Crippen LogP contribution in [0.15, 0.2) is 141 Å². The normalized spacial score (nSPS) is 11.2. The van der Waals surface area contributed by atoms with Crippen molar-refractivity contribution in [1.29, 1.82) is 0 Å². The van der Waals surface area contributed by atoms with Crippen LogP contribution in [0.3, 0.4) is 0 Å². The Balaban J connectivity index is 1.45. The summed E-state index contributed by atoms with van der Waals surface area (Å²) in [4.78, 5) is 26.7. The molecule has 0 aliphatic rings. The third-order valence-electron chi connectivity index (χ3n) is 7.63. The fourth-order valence-corrected chi connectivity index (χ4v) is 5.49. The van der Waals surface area contributed by atoms with Crippen LogP contribution in [0.4, 0.5) is 0 Å². The number of fused-ring (bicyclic) bond motifs is 3. The van der Waals surface area contributed by atoms with E-state index in [1.165, 1.54) is 12.2 Å². The van der Waals surface area contributed by atoms with E-state index in [2.05, 4.69) is 43.5 Å². The van der Waals surface area contributed by atoms with E-state index < -0.39 is 0 Å². The van der Waals surface area contributed by atoms with Crippen LogP contribution in [0, 0.1) is 0 Å². The predicted molar refractivity (Wildman–Crippen MR) is 173 cm³/mol. The van der Waals surface area contributed by atoms with Gasteiger partial charge >= 0.3 is 0 Å². The molecule has 0 spiro atoms. The molecule has 2 heterocycles. The minimum atomic E-state index is -0.157. The molecule has 7 rings (SSSR count). The van der Waals surface area contributed by atoms with E-state index in [9.17, 15) is 9.59 Å². The first-order chi connectivity index (χ1) is 20.5. The van der Waals surface area contributed by atoms with Crippen LogP contribution in [0.1, 0.15) is 11.3 Å². The summed E-state index contributed by atoms with van der Waals surface area (Å²) in [6.45, 7) is 7.55. The van der Waals surface area contributed by atoms with Crippen molar-refractivity contribution < 1.29 is 8.83 Å². The SMILES string of the molecule is C=Cc1oc2ccc(-c3cc(-c4ccccc4)cc(-c4ccc5oc6ccccc6c(=O)c5c4)c3)cc2c(=O)c1C=C. The third kappa shape index (κ3) is 4.18. The van der Waals surface area contributed by atoms with Crippen LogP contribution in [0.25, 0.3) is 78.4 Å². The molecule has 0 unspecified atom stereocenters. The van der Waals surface area contributed by atoms with E-state index in [1.54, 1.807) is 12.1 Å². The highest BCUT2D eigenvalue weighted by Crippen LogP contribution is 2.35. The van der Waals surface area contributed by atoms with Gasteiger partial charge in [-0.15, -0.1) is 0 Å². The lowest BCUT2D eigenvalue weighted by Crippen LogP contribution is -2.07. The van der Waals surface area contributed by atoms with Gasteiger partial charge in [0.15, 0.2) is 0 Å². The lowest BCUT2D eigenvalue weighted by Gasteiger charge is -2.13. The molecule has 0 amide bonds. The Hall–Kier alpha value is -5.74. The third-order valence-corrected chi connectivity index (χ3v) is 7.63. The van der Waals surface area contributed by atoms with Crippen molar-refractivity contribution in [2.45, 2.75) is 0 Å². The second-order valence-corrected chi connectivity index (χ2v) is 10.1. The van der Waals surface area contributed by atoms with Gasteiger partial charge in [0.2, 0.25) is 10.9 Å². The minimum Gasteiger partial charge on any atom is -0.456 e. The van der Waals surface area contributed by atoms with E-state index >= 15 is 0 Å². The van der Waals surface area contributed by atoms with Gasteiger partial charge in [-0.1, -0.05) is 73.8 Å². The lowest BCUT2D eigenvalue weighted by atomic mass is 9.92. The molecule has 0 fully saturated rings. The molecular formula is C38H24O4. The van der Waals surface area contributed by atoms with Crippen molar-refractivity contribution in [3.63, 3.8) is 0 Å². The maximum Gasteiger partial charge on any atom is 0.200 e. The summed E-state index contributed by atoms with van der Waals surface area (Å²) in [6.07, 6.45) is 3.02. The van der Waals surface area contributed by atoms with E-state index in [-0.39, 0.29) is 10.9 Å². The second-order valence-electron chi connectivity index (χ2n) is 10.1. The molecule has 2 aromatic heterocycles. The van der Waals surface area contributed by atoms with Crippen LogP contribution >= 0.6 is 0 Å².